The molecule has 0 aliphatic rings. The zero-order valence-electron chi connectivity index (χ0n) is 16.5. The van der Waals surface area contributed by atoms with E-state index in [0.717, 1.165) is 15.8 Å². The Balaban J connectivity index is 2.05. The van der Waals surface area contributed by atoms with E-state index in [1.165, 1.54) is 11.3 Å². The van der Waals surface area contributed by atoms with Crippen LogP contribution in [0.2, 0.25) is 0 Å². The third kappa shape index (κ3) is 5.85. The molecule has 0 saturated carbocycles. The molecule has 0 unspecified atom stereocenters. The van der Waals surface area contributed by atoms with Crippen LogP contribution in [0.1, 0.15) is 34.1 Å². The van der Waals surface area contributed by atoms with E-state index in [9.17, 15) is 13.5 Å². The molecule has 27 heavy (non-hydrogen) atoms. The standard InChI is InChI=1S/C20H29NO4S2/c1-13(11-15(3)19(25-5)16(4)22)10-14(2)12-27(23,24)20-21-17-8-6-7-9-18(17)26-20/h6-9,11,14-16,19,22H,10,12H2,1-5H3/b13-11+/t14-,15-,16-,19+/m0/s1. The second-order valence-electron chi connectivity index (χ2n) is 7.35. The number of hydrogen-bond donors (Lipinski definition) is 1. The maximum absolute atomic E-state index is 12.7. The fraction of sp³-hybridized carbons (Fsp3) is 0.550. The Morgan fingerprint density at radius 2 is 1.96 bits per heavy atom. The van der Waals surface area contributed by atoms with Crippen molar-refractivity contribution in [2.24, 2.45) is 11.8 Å². The second-order valence-corrected chi connectivity index (χ2v) is 10.6. The van der Waals surface area contributed by atoms with Crippen LogP contribution < -0.4 is 0 Å². The van der Waals surface area contributed by atoms with Crippen molar-refractivity contribution < 1.29 is 18.3 Å². The molecule has 0 aliphatic heterocycles. The van der Waals surface area contributed by atoms with Crippen molar-refractivity contribution in [3.05, 3.63) is 35.9 Å². The average molecular weight is 412 g/mol. The van der Waals surface area contributed by atoms with Crippen LogP contribution in [-0.4, -0.2) is 43.6 Å². The molecule has 0 radical (unpaired) electrons. The lowest BCUT2D eigenvalue weighted by atomic mass is 9.95. The number of fused-ring (bicyclic) bond motifs is 1. The van der Waals surface area contributed by atoms with Gasteiger partial charge in [0.2, 0.25) is 14.2 Å². The number of para-hydroxylation sites is 1. The van der Waals surface area contributed by atoms with Gasteiger partial charge in [0.15, 0.2) is 0 Å². The zero-order chi connectivity index (χ0) is 20.2. The molecular formula is C20H29NO4S2. The maximum atomic E-state index is 12.7. The molecule has 0 saturated heterocycles. The molecule has 1 aromatic carbocycles. The van der Waals surface area contributed by atoms with Crippen molar-refractivity contribution in [1.82, 2.24) is 4.98 Å². The average Bonchev–Trinajstić information content (AvgIpc) is 2.99. The van der Waals surface area contributed by atoms with Gasteiger partial charge in [-0.25, -0.2) is 13.4 Å². The van der Waals surface area contributed by atoms with Crippen molar-refractivity contribution in [1.29, 1.82) is 0 Å². The third-order valence-corrected chi connectivity index (χ3v) is 8.00. The number of thiazole rings is 1. The topological polar surface area (TPSA) is 76.5 Å². The fourth-order valence-corrected chi connectivity index (χ4v) is 6.43. The molecule has 5 nitrogen and oxygen atoms in total. The Hall–Kier alpha value is -1.28. The number of aliphatic hydroxyl groups excluding tert-OH is 1. The largest absolute Gasteiger partial charge is 0.391 e. The first kappa shape index (κ1) is 22.0. The number of hydrogen-bond acceptors (Lipinski definition) is 6. The summed E-state index contributed by atoms with van der Waals surface area (Å²) in [5.74, 6) is 0.0808. The molecule has 7 heteroatoms. The number of rotatable bonds is 9. The first-order chi connectivity index (χ1) is 12.6. The van der Waals surface area contributed by atoms with Crippen LogP contribution in [-0.2, 0) is 14.6 Å². The van der Waals surface area contributed by atoms with Gasteiger partial charge in [-0.2, -0.15) is 0 Å². The van der Waals surface area contributed by atoms with Gasteiger partial charge < -0.3 is 9.84 Å². The van der Waals surface area contributed by atoms with Crippen molar-refractivity contribution in [2.45, 2.75) is 50.7 Å². The van der Waals surface area contributed by atoms with E-state index < -0.39 is 15.9 Å². The normalized spacial score (nSPS) is 17.6. The Morgan fingerprint density at radius 3 is 2.56 bits per heavy atom. The quantitative estimate of drug-likeness (QED) is 0.629. The zero-order valence-corrected chi connectivity index (χ0v) is 18.2. The summed E-state index contributed by atoms with van der Waals surface area (Å²) >= 11 is 1.23. The molecule has 0 aliphatic carbocycles. The van der Waals surface area contributed by atoms with Gasteiger partial charge in [-0.1, -0.05) is 37.6 Å². The van der Waals surface area contributed by atoms with Crippen LogP contribution in [0.4, 0.5) is 0 Å². The Morgan fingerprint density at radius 1 is 1.30 bits per heavy atom. The van der Waals surface area contributed by atoms with Crippen LogP contribution in [0.3, 0.4) is 0 Å². The highest BCUT2D eigenvalue weighted by atomic mass is 32.2. The maximum Gasteiger partial charge on any atom is 0.210 e. The summed E-state index contributed by atoms with van der Waals surface area (Å²) < 4.78 is 31.9. The molecule has 0 fully saturated rings. The molecule has 0 bridgehead atoms. The summed E-state index contributed by atoms with van der Waals surface area (Å²) in [6.07, 6.45) is 1.89. The highest BCUT2D eigenvalue weighted by Gasteiger charge is 2.24. The van der Waals surface area contributed by atoms with Crippen LogP contribution in [0.25, 0.3) is 10.2 Å². The van der Waals surface area contributed by atoms with Crippen molar-refractivity contribution in [3.8, 4) is 0 Å². The lowest BCUT2D eigenvalue weighted by Crippen LogP contribution is -2.31. The van der Waals surface area contributed by atoms with E-state index in [1.54, 1.807) is 14.0 Å². The smallest absolute Gasteiger partial charge is 0.210 e. The summed E-state index contributed by atoms with van der Waals surface area (Å²) in [6, 6.07) is 7.46. The molecule has 0 amide bonds. The second kappa shape index (κ2) is 9.28. The van der Waals surface area contributed by atoms with Gasteiger partial charge in [0.05, 0.1) is 28.2 Å². The predicted octanol–water partition coefficient (Wildman–Crippen LogP) is 4.07. The van der Waals surface area contributed by atoms with Crippen LogP contribution in [0.15, 0.2) is 40.3 Å². The van der Waals surface area contributed by atoms with Gasteiger partial charge in [0, 0.05) is 13.0 Å². The lowest BCUT2D eigenvalue weighted by Gasteiger charge is -2.23. The number of allylic oxidation sites excluding steroid dienone is 1. The van der Waals surface area contributed by atoms with Crippen LogP contribution >= 0.6 is 11.3 Å². The van der Waals surface area contributed by atoms with Crippen molar-refractivity contribution >= 4 is 31.4 Å². The van der Waals surface area contributed by atoms with E-state index >= 15 is 0 Å². The Labute approximate surface area is 166 Å². The Bertz CT molecular complexity index is 853. The monoisotopic (exact) mass is 411 g/mol. The number of sulfone groups is 1. The predicted molar refractivity (Wildman–Crippen MR) is 111 cm³/mol. The number of nitrogens with zero attached hydrogens (tertiary/aromatic N) is 1. The van der Waals surface area contributed by atoms with Crippen molar-refractivity contribution in [2.75, 3.05) is 12.9 Å². The molecule has 0 spiro atoms. The SMILES string of the molecule is CO[C@@H]([C@H](C)O)[C@@H](C)/C=C(\C)C[C@H](C)CS(=O)(=O)c1nc2ccccc2s1. The number of benzene rings is 1. The molecule has 1 N–H and O–H groups in total. The Kier molecular flexibility index (Phi) is 7.56. The highest BCUT2D eigenvalue weighted by Crippen LogP contribution is 2.28. The van der Waals surface area contributed by atoms with Gasteiger partial charge in [-0.05, 0) is 38.3 Å². The minimum atomic E-state index is -3.41. The number of aliphatic hydroxyl groups is 1. The third-order valence-electron chi connectivity index (χ3n) is 4.53. The molecular weight excluding hydrogens is 382 g/mol. The number of ether oxygens (including phenoxy) is 1. The van der Waals surface area contributed by atoms with Gasteiger partial charge in [0.25, 0.3) is 0 Å². The molecule has 4 atom stereocenters. The van der Waals surface area contributed by atoms with Gasteiger partial charge in [-0.3, -0.25) is 0 Å². The summed E-state index contributed by atoms with van der Waals surface area (Å²) in [7, 11) is -1.83. The van der Waals surface area contributed by atoms with Crippen molar-refractivity contribution in [3.63, 3.8) is 0 Å². The fourth-order valence-electron chi connectivity index (χ4n) is 3.50. The number of methoxy groups -OCH3 is 1. The van der Waals surface area contributed by atoms with Gasteiger partial charge in [0.1, 0.15) is 0 Å². The first-order valence-electron chi connectivity index (χ1n) is 9.10. The minimum Gasteiger partial charge on any atom is -0.391 e. The van der Waals surface area contributed by atoms with Crippen LogP contribution in [0.5, 0.6) is 0 Å². The molecule has 2 aromatic rings. The summed E-state index contributed by atoms with van der Waals surface area (Å²) in [6.45, 7) is 7.63. The minimum absolute atomic E-state index is 0.0296. The summed E-state index contributed by atoms with van der Waals surface area (Å²) in [5, 5.41) is 9.78. The van der Waals surface area contributed by atoms with E-state index in [2.05, 4.69) is 11.1 Å². The molecule has 1 heterocycles. The van der Waals surface area contributed by atoms with Gasteiger partial charge in [-0.15, -0.1) is 11.3 Å². The first-order valence-corrected chi connectivity index (χ1v) is 11.6. The van der Waals surface area contributed by atoms with E-state index in [1.807, 2.05) is 45.0 Å². The highest BCUT2D eigenvalue weighted by molar-refractivity contribution is 7.93. The molecule has 150 valence electrons. The van der Waals surface area contributed by atoms with Gasteiger partial charge >= 0.3 is 0 Å². The van der Waals surface area contributed by atoms with E-state index in [-0.39, 0.29) is 28.0 Å². The summed E-state index contributed by atoms with van der Waals surface area (Å²) in [4.78, 5) is 4.29. The van der Waals surface area contributed by atoms with E-state index in [0.29, 0.717) is 6.42 Å². The molecule has 1 aromatic heterocycles. The summed E-state index contributed by atoms with van der Waals surface area (Å²) in [5.41, 5.74) is 1.82. The lowest BCUT2D eigenvalue weighted by molar-refractivity contribution is -0.0223. The van der Waals surface area contributed by atoms with E-state index in [4.69, 9.17) is 4.74 Å². The number of aromatic nitrogens is 1. The van der Waals surface area contributed by atoms with Crippen LogP contribution in [0, 0.1) is 11.8 Å². The molecule has 2 rings (SSSR count).